The molecule has 5 unspecified atom stereocenters. The third-order valence-corrected chi connectivity index (χ3v) is 6.93. The monoisotopic (exact) mass is 710 g/mol. The fraction of sp³-hybridized carbons (Fsp3) is 0.667. The van der Waals surface area contributed by atoms with E-state index in [1.54, 1.807) is 20.8 Å². The van der Waals surface area contributed by atoms with E-state index in [2.05, 4.69) is 29.8 Å². The summed E-state index contributed by atoms with van der Waals surface area (Å²) < 4.78 is 15.3. The smallest absolute Gasteiger partial charge is 0.328 e. The van der Waals surface area contributed by atoms with Crippen LogP contribution in [0.5, 0.6) is 5.75 Å². The van der Waals surface area contributed by atoms with Gasteiger partial charge in [0.2, 0.25) is 17.7 Å². The van der Waals surface area contributed by atoms with E-state index in [0.717, 1.165) is 12.4 Å². The van der Waals surface area contributed by atoms with Crippen LogP contribution in [0.3, 0.4) is 0 Å². The Bertz CT molecular complexity index is 1120. The highest BCUT2D eigenvalue weighted by atomic mass is 16.5. The summed E-state index contributed by atoms with van der Waals surface area (Å²) in [5.74, 6) is -2.60. The molecule has 0 heterocycles. The lowest BCUT2D eigenvalue weighted by molar-refractivity contribution is -0.148. The minimum Gasteiger partial charge on any atom is -0.493 e. The average Bonchev–Trinajstić information content (AvgIpc) is 3.10. The van der Waals surface area contributed by atoms with Gasteiger partial charge in [0.1, 0.15) is 29.9 Å². The number of carboxylic acids is 1. The van der Waals surface area contributed by atoms with Crippen molar-refractivity contribution < 1.29 is 48.1 Å². The van der Waals surface area contributed by atoms with Crippen LogP contribution in [0.15, 0.2) is 30.3 Å². The molecular weight excluding hydrogens is 648 g/mol. The molecule has 0 saturated carbocycles. The van der Waals surface area contributed by atoms with Gasteiger partial charge in [0.05, 0.1) is 19.8 Å². The van der Waals surface area contributed by atoms with E-state index in [-0.39, 0.29) is 57.6 Å². The van der Waals surface area contributed by atoms with Gasteiger partial charge in [0.25, 0.3) is 0 Å². The zero-order chi connectivity index (χ0) is 38.5. The summed E-state index contributed by atoms with van der Waals surface area (Å²) in [5.41, 5.74) is 5.69. The molecule has 50 heavy (non-hydrogen) atoms. The number of amides is 3. The van der Waals surface area contributed by atoms with Crippen molar-refractivity contribution in [2.24, 2.45) is 11.7 Å². The first-order valence-electron chi connectivity index (χ1n) is 17.7. The third kappa shape index (κ3) is 23.2. The van der Waals surface area contributed by atoms with Gasteiger partial charge in [-0.15, -0.1) is 0 Å². The number of aliphatic carboxylic acids is 1. The molecule has 14 nitrogen and oxygen atoms in total. The van der Waals surface area contributed by atoms with Crippen LogP contribution in [0, 0.1) is 5.92 Å². The van der Waals surface area contributed by atoms with Crippen LogP contribution in [0.4, 0.5) is 0 Å². The molecule has 286 valence electrons. The Morgan fingerprint density at radius 1 is 0.760 bits per heavy atom. The normalized spacial score (nSPS) is 13.1. The Labute approximate surface area is 297 Å². The molecule has 0 aliphatic carbocycles. The summed E-state index contributed by atoms with van der Waals surface area (Å²) in [6, 6.07) is 5.81. The summed E-state index contributed by atoms with van der Waals surface area (Å²) in [4.78, 5) is 71.4. The van der Waals surface area contributed by atoms with Gasteiger partial charge < -0.3 is 41.0 Å². The van der Waals surface area contributed by atoms with Crippen molar-refractivity contribution in [2.75, 3.05) is 19.8 Å². The Hall–Kier alpha value is -4.20. The number of esters is 2. The largest absolute Gasteiger partial charge is 0.493 e. The van der Waals surface area contributed by atoms with Crippen molar-refractivity contribution in [2.45, 2.75) is 131 Å². The number of benzene rings is 1. The number of hydrogen-bond acceptors (Lipinski definition) is 10. The SMILES string of the molecule is CC.CCCC(C)COc1ccccc1.CCOC(=O)C(N)CCCC(NC(=O)CCC(NC(=O)C(C)NC(=O)CC)C(=O)OCC)C(=O)O. The van der Waals surface area contributed by atoms with Crippen molar-refractivity contribution in [3.05, 3.63) is 30.3 Å². The second-order valence-corrected chi connectivity index (χ2v) is 11.3. The van der Waals surface area contributed by atoms with Crippen molar-refractivity contribution in [1.82, 2.24) is 16.0 Å². The topological polar surface area (TPSA) is 212 Å². The lowest BCUT2D eigenvalue weighted by atomic mass is 10.1. The van der Waals surface area contributed by atoms with Crippen LogP contribution < -0.4 is 26.4 Å². The molecule has 5 atom stereocenters. The van der Waals surface area contributed by atoms with E-state index in [1.165, 1.54) is 19.8 Å². The molecule has 14 heteroatoms. The first-order chi connectivity index (χ1) is 23.8. The van der Waals surface area contributed by atoms with Gasteiger partial charge in [0.15, 0.2) is 0 Å². The van der Waals surface area contributed by atoms with Crippen molar-refractivity contribution in [3.8, 4) is 5.75 Å². The maximum Gasteiger partial charge on any atom is 0.328 e. The first kappa shape index (κ1) is 47.9. The number of carbonyl (C=O) groups excluding carboxylic acids is 5. The van der Waals surface area contributed by atoms with Gasteiger partial charge in [-0.1, -0.05) is 59.2 Å². The zero-order valence-electron chi connectivity index (χ0n) is 31.3. The Kier molecular flexibility index (Phi) is 28.5. The molecule has 1 aromatic rings. The minimum absolute atomic E-state index is 0.0286. The standard InChI is InChI=1S/C22H38N4O9.C12H18O.C2H6/c1-5-17(27)24-13(4)19(29)26-16(22(33)35-7-3)11-12-18(28)25-15(20(30)31)10-8-9-14(23)21(32)34-6-2;1-3-7-11(2)10-13-12-8-5-4-6-9-12;1-2/h13-16H,5-12,23H2,1-4H3,(H,24,27)(H,25,28)(H,26,29)(H,30,31);4-6,8-9,11H,3,7,10H2,1-2H3;1-2H3. The highest BCUT2D eigenvalue weighted by Crippen LogP contribution is 2.12. The molecule has 0 bridgehead atoms. The predicted octanol–water partition coefficient (Wildman–Crippen LogP) is 3.89. The molecule has 0 saturated heterocycles. The van der Waals surface area contributed by atoms with Crippen LogP contribution >= 0.6 is 0 Å². The van der Waals surface area contributed by atoms with Crippen molar-refractivity contribution in [1.29, 1.82) is 0 Å². The lowest BCUT2D eigenvalue weighted by Gasteiger charge is -2.21. The molecule has 0 aliphatic heterocycles. The van der Waals surface area contributed by atoms with E-state index in [1.807, 2.05) is 44.2 Å². The van der Waals surface area contributed by atoms with Gasteiger partial charge >= 0.3 is 17.9 Å². The van der Waals surface area contributed by atoms with Gasteiger partial charge in [-0.25, -0.2) is 9.59 Å². The fourth-order valence-corrected chi connectivity index (χ4v) is 4.24. The molecule has 0 aliphatic rings. The van der Waals surface area contributed by atoms with Crippen LogP contribution in [0.1, 0.15) is 107 Å². The summed E-state index contributed by atoms with van der Waals surface area (Å²) in [6.07, 6.45) is 2.70. The summed E-state index contributed by atoms with van der Waals surface area (Å²) >= 11 is 0. The maximum atomic E-state index is 12.3. The summed E-state index contributed by atoms with van der Waals surface area (Å²) in [5, 5.41) is 16.7. The second kappa shape index (κ2) is 29.7. The van der Waals surface area contributed by atoms with Crippen LogP contribution in [0.2, 0.25) is 0 Å². The van der Waals surface area contributed by atoms with E-state index in [0.29, 0.717) is 5.92 Å². The Balaban J connectivity index is 0. The number of carbonyl (C=O) groups is 6. The molecule has 3 amide bonds. The van der Waals surface area contributed by atoms with E-state index in [4.69, 9.17) is 19.9 Å². The summed E-state index contributed by atoms with van der Waals surface area (Å²) in [7, 11) is 0. The molecule has 0 spiro atoms. The fourth-order valence-electron chi connectivity index (χ4n) is 4.24. The van der Waals surface area contributed by atoms with Gasteiger partial charge in [-0.2, -0.15) is 0 Å². The summed E-state index contributed by atoms with van der Waals surface area (Å²) in [6.45, 7) is 15.8. The molecule has 6 N–H and O–H groups in total. The number of para-hydroxylation sites is 1. The Morgan fingerprint density at radius 2 is 1.36 bits per heavy atom. The van der Waals surface area contributed by atoms with Crippen LogP contribution in [-0.4, -0.2) is 84.7 Å². The van der Waals surface area contributed by atoms with Gasteiger partial charge in [0, 0.05) is 12.8 Å². The zero-order valence-corrected chi connectivity index (χ0v) is 31.3. The number of nitrogens with two attached hydrogens (primary N) is 1. The number of nitrogens with one attached hydrogen (secondary N) is 3. The average molecular weight is 711 g/mol. The Morgan fingerprint density at radius 3 is 1.90 bits per heavy atom. The second-order valence-electron chi connectivity index (χ2n) is 11.3. The first-order valence-corrected chi connectivity index (χ1v) is 17.7. The highest BCUT2D eigenvalue weighted by Gasteiger charge is 2.27. The highest BCUT2D eigenvalue weighted by molar-refractivity contribution is 5.91. The lowest BCUT2D eigenvalue weighted by Crippen LogP contribution is -2.51. The van der Waals surface area contributed by atoms with Gasteiger partial charge in [-0.3, -0.25) is 19.2 Å². The molecule has 1 rings (SSSR count). The van der Waals surface area contributed by atoms with Crippen molar-refractivity contribution in [3.63, 3.8) is 0 Å². The number of ether oxygens (including phenoxy) is 3. The predicted molar refractivity (Wildman–Crippen MR) is 191 cm³/mol. The third-order valence-electron chi connectivity index (χ3n) is 6.93. The molecule has 0 fully saturated rings. The van der Waals surface area contributed by atoms with E-state index in [9.17, 15) is 33.9 Å². The number of carboxylic acid groups (broad SMARTS) is 1. The minimum atomic E-state index is -1.27. The number of rotatable bonds is 22. The van der Waals surface area contributed by atoms with Crippen molar-refractivity contribution >= 4 is 35.6 Å². The maximum absolute atomic E-state index is 12.3. The van der Waals surface area contributed by atoms with Crippen LogP contribution in [0.25, 0.3) is 0 Å². The van der Waals surface area contributed by atoms with E-state index >= 15 is 0 Å². The van der Waals surface area contributed by atoms with E-state index < -0.39 is 53.9 Å². The molecule has 0 radical (unpaired) electrons. The molecular formula is C36H62N4O10. The molecule has 1 aromatic carbocycles. The van der Waals surface area contributed by atoms with Crippen LogP contribution in [-0.2, 0) is 38.2 Å². The number of hydrogen-bond donors (Lipinski definition) is 5. The quantitative estimate of drug-likeness (QED) is 0.109. The molecule has 0 aromatic heterocycles. The van der Waals surface area contributed by atoms with Gasteiger partial charge in [-0.05, 0) is 70.9 Å².